The van der Waals surface area contributed by atoms with Crippen LogP contribution in [-0.4, -0.2) is 23.4 Å². The second-order valence-corrected chi connectivity index (χ2v) is 7.05. The Morgan fingerprint density at radius 2 is 2.16 bits per heavy atom. The molecule has 1 N–H and O–H groups in total. The molecule has 102 valence electrons. The van der Waals surface area contributed by atoms with Crippen LogP contribution in [0.25, 0.3) is 0 Å². The van der Waals surface area contributed by atoms with Crippen molar-refractivity contribution < 1.29 is 12.8 Å². The van der Waals surface area contributed by atoms with Crippen molar-refractivity contribution in [3.05, 3.63) is 32.2 Å². The number of aromatic nitrogens is 3. The molecule has 0 aliphatic heterocycles. The van der Waals surface area contributed by atoms with Crippen LogP contribution in [0.1, 0.15) is 0 Å². The molecule has 0 atom stereocenters. The lowest BCUT2D eigenvalue weighted by Crippen LogP contribution is -2.17. The minimum Gasteiger partial charge on any atom is -0.277 e. The van der Waals surface area contributed by atoms with Gasteiger partial charge in [-0.25, -0.2) is 9.07 Å². The van der Waals surface area contributed by atoms with Gasteiger partial charge in [-0.3, -0.25) is 4.72 Å². The summed E-state index contributed by atoms with van der Waals surface area (Å²) in [5.74, 6) is -0.435. The maximum absolute atomic E-state index is 13.0. The van der Waals surface area contributed by atoms with Crippen molar-refractivity contribution in [3.8, 4) is 0 Å². The topological polar surface area (TPSA) is 76.9 Å². The summed E-state index contributed by atoms with van der Waals surface area (Å²) < 4.78 is 41.4. The van der Waals surface area contributed by atoms with E-state index in [1.807, 2.05) is 22.6 Å². The number of nitrogens with one attached hydrogen (secondary N) is 1. The van der Waals surface area contributed by atoms with E-state index in [0.717, 1.165) is 4.68 Å². The number of nitrogens with zero attached hydrogens (tertiary/aromatic N) is 3. The molecule has 0 fully saturated rings. The molecule has 6 nitrogen and oxygen atoms in total. The fraction of sp³-hybridized carbons (Fsp3) is 0.111. The van der Waals surface area contributed by atoms with Gasteiger partial charge in [-0.15, -0.1) is 5.10 Å². The highest BCUT2D eigenvalue weighted by Crippen LogP contribution is 2.24. The molecule has 0 aliphatic rings. The van der Waals surface area contributed by atoms with Gasteiger partial charge >= 0.3 is 0 Å². The molecular weight excluding hydrogens is 454 g/mol. The summed E-state index contributed by atoms with van der Waals surface area (Å²) in [5.41, 5.74) is 0.287. The minimum atomic E-state index is -3.85. The number of anilines is 1. The third-order valence-electron chi connectivity index (χ3n) is 2.17. The first-order chi connectivity index (χ1) is 8.81. The van der Waals surface area contributed by atoms with Crippen LogP contribution < -0.4 is 4.72 Å². The summed E-state index contributed by atoms with van der Waals surface area (Å²) in [6.07, 6.45) is 0. The number of hydrogen-bond acceptors (Lipinski definition) is 4. The molecular formula is C9H7BrFIN4O2S. The molecule has 1 aromatic heterocycles. The third kappa shape index (κ3) is 3.05. The molecule has 2 aromatic rings. The highest BCUT2D eigenvalue weighted by molar-refractivity contribution is 14.1. The second-order valence-electron chi connectivity index (χ2n) is 3.54. The summed E-state index contributed by atoms with van der Waals surface area (Å²) >= 11 is 4.87. The van der Waals surface area contributed by atoms with Gasteiger partial charge in [0.1, 0.15) is 5.82 Å². The van der Waals surface area contributed by atoms with Gasteiger partial charge in [0.15, 0.2) is 4.60 Å². The Bertz CT molecular complexity index is 714. The predicted molar refractivity (Wildman–Crippen MR) is 78.6 cm³/mol. The zero-order chi connectivity index (χ0) is 14.2. The molecule has 0 saturated carbocycles. The first kappa shape index (κ1) is 14.7. The SMILES string of the molecule is Cn1nnc(Br)c1S(=O)(=O)Nc1ccc(F)cc1I. The van der Waals surface area contributed by atoms with Crippen molar-refractivity contribution in [3.63, 3.8) is 0 Å². The molecule has 1 aromatic carbocycles. The highest BCUT2D eigenvalue weighted by Gasteiger charge is 2.24. The number of halogens is 3. The van der Waals surface area contributed by atoms with E-state index in [9.17, 15) is 12.8 Å². The lowest BCUT2D eigenvalue weighted by Gasteiger charge is -2.09. The van der Waals surface area contributed by atoms with Gasteiger partial charge in [-0.05, 0) is 56.7 Å². The molecule has 1 heterocycles. The van der Waals surface area contributed by atoms with Crippen LogP contribution >= 0.6 is 38.5 Å². The zero-order valence-corrected chi connectivity index (χ0v) is 14.0. The smallest absolute Gasteiger partial charge is 0.277 e. The van der Waals surface area contributed by atoms with Crippen molar-refractivity contribution in [1.29, 1.82) is 0 Å². The molecule has 0 bridgehead atoms. The van der Waals surface area contributed by atoms with Crippen molar-refractivity contribution in [2.45, 2.75) is 5.03 Å². The first-order valence-corrected chi connectivity index (χ1v) is 8.20. The van der Waals surface area contributed by atoms with Crippen LogP contribution in [0.15, 0.2) is 27.8 Å². The van der Waals surface area contributed by atoms with Crippen LogP contribution in [0.3, 0.4) is 0 Å². The van der Waals surface area contributed by atoms with Gasteiger partial charge in [0.25, 0.3) is 10.0 Å². The Hall–Kier alpha value is -0.750. The average Bonchev–Trinajstić information content (AvgIpc) is 2.63. The van der Waals surface area contributed by atoms with Crippen LogP contribution in [0.4, 0.5) is 10.1 Å². The Kier molecular flexibility index (Phi) is 4.11. The molecule has 0 spiro atoms. The van der Waals surface area contributed by atoms with E-state index in [0.29, 0.717) is 3.57 Å². The first-order valence-electron chi connectivity index (χ1n) is 4.84. The highest BCUT2D eigenvalue weighted by atomic mass is 127. The largest absolute Gasteiger partial charge is 0.281 e. The lowest BCUT2D eigenvalue weighted by molar-refractivity contribution is 0.578. The summed E-state index contributed by atoms with van der Waals surface area (Å²) in [5, 5.41) is 7.10. The molecule has 10 heteroatoms. The summed E-state index contributed by atoms with van der Waals surface area (Å²) in [7, 11) is -2.39. The Morgan fingerprint density at radius 1 is 1.47 bits per heavy atom. The molecule has 0 radical (unpaired) electrons. The van der Waals surface area contributed by atoms with Crippen molar-refractivity contribution in [2.75, 3.05) is 4.72 Å². The van der Waals surface area contributed by atoms with Gasteiger partial charge in [0, 0.05) is 10.6 Å². The Morgan fingerprint density at radius 3 is 2.68 bits per heavy atom. The summed E-state index contributed by atoms with van der Waals surface area (Å²) in [4.78, 5) is 0. The van der Waals surface area contributed by atoms with E-state index in [-0.39, 0.29) is 15.3 Å². The van der Waals surface area contributed by atoms with Crippen molar-refractivity contribution >= 4 is 54.2 Å². The Balaban J connectivity index is 2.42. The fourth-order valence-electron chi connectivity index (χ4n) is 1.37. The van der Waals surface area contributed by atoms with E-state index in [4.69, 9.17) is 0 Å². The Labute approximate surface area is 130 Å². The number of benzene rings is 1. The third-order valence-corrected chi connectivity index (χ3v) is 5.31. The lowest BCUT2D eigenvalue weighted by atomic mass is 10.3. The number of rotatable bonds is 3. The van der Waals surface area contributed by atoms with Gasteiger partial charge in [-0.1, -0.05) is 5.21 Å². The quantitative estimate of drug-likeness (QED) is 0.712. The number of sulfonamides is 1. The van der Waals surface area contributed by atoms with E-state index >= 15 is 0 Å². The van der Waals surface area contributed by atoms with Crippen LogP contribution in [0, 0.1) is 9.39 Å². The second kappa shape index (κ2) is 5.32. The minimum absolute atomic E-state index is 0.104. The number of hydrogen-bond donors (Lipinski definition) is 1. The zero-order valence-electron chi connectivity index (χ0n) is 9.43. The molecule has 0 unspecified atom stereocenters. The van der Waals surface area contributed by atoms with Gasteiger partial charge in [-0.2, -0.15) is 8.42 Å². The van der Waals surface area contributed by atoms with Gasteiger partial charge < -0.3 is 0 Å². The van der Waals surface area contributed by atoms with Gasteiger partial charge in [0.05, 0.1) is 5.69 Å². The fourth-order valence-corrected chi connectivity index (χ4v) is 4.35. The van der Waals surface area contributed by atoms with Crippen LogP contribution in [0.2, 0.25) is 0 Å². The van der Waals surface area contributed by atoms with Crippen molar-refractivity contribution in [2.24, 2.45) is 7.05 Å². The standard InChI is InChI=1S/C9H7BrFIN4O2S/c1-16-9(8(10)13-15-16)19(17,18)14-7-3-2-5(11)4-6(7)12/h2-4,14H,1H3. The molecule has 2 rings (SSSR count). The van der Waals surface area contributed by atoms with E-state index < -0.39 is 15.8 Å². The van der Waals surface area contributed by atoms with Gasteiger partial charge in [0.2, 0.25) is 5.03 Å². The summed E-state index contributed by atoms with van der Waals surface area (Å²) in [6.45, 7) is 0. The number of aryl methyl sites for hydroxylation is 1. The summed E-state index contributed by atoms with van der Waals surface area (Å²) in [6, 6.07) is 3.76. The van der Waals surface area contributed by atoms with E-state index in [1.165, 1.54) is 25.2 Å². The van der Waals surface area contributed by atoms with Crippen LogP contribution in [-0.2, 0) is 17.1 Å². The maximum atomic E-state index is 13.0. The normalized spacial score (nSPS) is 11.6. The maximum Gasteiger partial charge on any atom is 0.281 e. The molecule has 0 saturated heterocycles. The molecule has 0 aliphatic carbocycles. The molecule has 19 heavy (non-hydrogen) atoms. The van der Waals surface area contributed by atoms with Crippen molar-refractivity contribution in [1.82, 2.24) is 15.0 Å². The van der Waals surface area contributed by atoms with E-state index in [1.54, 1.807) is 0 Å². The van der Waals surface area contributed by atoms with Crippen LogP contribution in [0.5, 0.6) is 0 Å². The predicted octanol–water partition coefficient (Wildman–Crippen LogP) is 2.12. The monoisotopic (exact) mass is 460 g/mol. The average molecular weight is 461 g/mol. The van der Waals surface area contributed by atoms with E-state index in [2.05, 4.69) is 31.0 Å². The molecule has 0 amide bonds.